The van der Waals surface area contributed by atoms with Crippen LogP contribution in [0.1, 0.15) is 37.3 Å². The highest BCUT2D eigenvalue weighted by Gasteiger charge is 2.23. The summed E-state index contributed by atoms with van der Waals surface area (Å²) in [5, 5.41) is 12.0. The Labute approximate surface area is 127 Å². The normalized spacial score (nSPS) is 12.0. The fraction of sp³-hybridized carbons (Fsp3) is 0.250. The number of amides is 1. The van der Waals surface area contributed by atoms with Crippen molar-refractivity contribution in [2.45, 2.75) is 26.8 Å². The number of carboxylic acid groups (broad SMARTS) is 1. The third-order valence-corrected chi connectivity index (χ3v) is 4.06. The highest BCUT2D eigenvalue weighted by Crippen LogP contribution is 2.20. The van der Waals surface area contributed by atoms with Crippen LogP contribution in [0.15, 0.2) is 30.3 Å². The Morgan fingerprint density at radius 3 is 2.19 bits per heavy atom. The van der Waals surface area contributed by atoms with E-state index < -0.39 is 12.0 Å². The number of benzene rings is 1. The molecule has 2 N–H and O–H groups in total. The molecule has 0 bridgehead atoms. The van der Waals surface area contributed by atoms with E-state index in [1.807, 2.05) is 32.9 Å². The van der Waals surface area contributed by atoms with Gasteiger partial charge in [0.2, 0.25) is 0 Å². The van der Waals surface area contributed by atoms with Crippen molar-refractivity contribution in [1.82, 2.24) is 5.32 Å². The summed E-state index contributed by atoms with van der Waals surface area (Å²) < 4.78 is 0. The maximum Gasteiger partial charge on any atom is 0.330 e. The number of carbonyl (C=O) groups is 2. The predicted octanol–water partition coefficient (Wildman–Crippen LogP) is 3.23. The summed E-state index contributed by atoms with van der Waals surface area (Å²) in [5.74, 6) is -1.43. The summed E-state index contributed by atoms with van der Waals surface area (Å²) >= 11 is 1.35. The van der Waals surface area contributed by atoms with E-state index in [0.717, 1.165) is 16.0 Å². The Kier molecular flexibility index (Phi) is 4.43. The minimum absolute atomic E-state index is 0.361. The van der Waals surface area contributed by atoms with Gasteiger partial charge >= 0.3 is 5.97 Å². The van der Waals surface area contributed by atoms with E-state index in [-0.39, 0.29) is 5.91 Å². The van der Waals surface area contributed by atoms with Gasteiger partial charge in [-0.2, -0.15) is 0 Å². The summed E-state index contributed by atoms with van der Waals surface area (Å²) in [5.41, 5.74) is 2.52. The van der Waals surface area contributed by atoms with Gasteiger partial charge in [-0.1, -0.05) is 29.3 Å². The molecule has 1 unspecified atom stereocenters. The van der Waals surface area contributed by atoms with Crippen molar-refractivity contribution in [2.75, 3.05) is 0 Å². The third-order valence-electron chi connectivity index (χ3n) is 3.06. The van der Waals surface area contributed by atoms with Gasteiger partial charge < -0.3 is 10.4 Å². The Balaban J connectivity index is 2.27. The number of hydrogen-bond donors (Lipinski definition) is 2. The molecule has 0 saturated heterocycles. The molecule has 0 spiro atoms. The smallest absolute Gasteiger partial charge is 0.330 e. The lowest BCUT2D eigenvalue weighted by atomic mass is 10.0. The van der Waals surface area contributed by atoms with Crippen molar-refractivity contribution >= 4 is 23.2 Å². The third kappa shape index (κ3) is 3.70. The molecule has 1 amide bonds. The lowest BCUT2D eigenvalue weighted by molar-refractivity contribution is -0.139. The fourth-order valence-electron chi connectivity index (χ4n) is 2.22. The summed E-state index contributed by atoms with van der Waals surface area (Å²) in [6, 6.07) is 8.03. The first-order chi connectivity index (χ1) is 9.86. The molecule has 0 aliphatic rings. The largest absolute Gasteiger partial charge is 0.479 e. The van der Waals surface area contributed by atoms with E-state index in [4.69, 9.17) is 0 Å². The van der Waals surface area contributed by atoms with Crippen LogP contribution >= 0.6 is 11.3 Å². The molecule has 1 heterocycles. The van der Waals surface area contributed by atoms with Crippen LogP contribution in [0.2, 0.25) is 0 Å². The molecule has 0 aliphatic heterocycles. The quantitative estimate of drug-likeness (QED) is 0.911. The second-order valence-corrected chi connectivity index (χ2v) is 6.36. The van der Waals surface area contributed by atoms with Gasteiger partial charge in [0.25, 0.3) is 5.91 Å². The van der Waals surface area contributed by atoms with Gasteiger partial charge in [0.15, 0.2) is 6.04 Å². The highest BCUT2D eigenvalue weighted by molar-refractivity contribution is 7.13. The Hall–Kier alpha value is -2.14. The minimum Gasteiger partial charge on any atom is -0.479 e. The average molecular weight is 303 g/mol. The first kappa shape index (κ1) is 15.3. The van der Waals surface area contributed by atoms with E-state index >= 15 is 0 Å². The molecule has 0 fully saturated rings. The van der Waals surface area contributed by atoms with Gasteiger partial charge in [-0.15, -0.1) is 11.3 Å². The van der Waals surface area contributed by atoms with Crippen LogP contribution in [-0.2, 0) is 4.79 Å². The zero-order valence-corrected chi connectivity index (χ0v) is 13.0. The summed E-state index contributed by atoms with van der Waals surface area (Å²) in [6.07, 6.45) is 0. The van der Waals surface area contributed by atoms with Crippen LogP contribution in [0.3, 0.4) is 0 Å². The van der Waals surface area contributed by atoms with Crippen molar-refractivity contribution in [1.29, 1.82) is 0 Å². The molecule has 4 nitrogen and oxygen atoms in total. The van der Waals surface area contributed by atoms with Crippen LogP contribution in [0.5, 0.6) is 0 Å². The fourth-order valence-corrected chi connectivity index (χ4v) is 2.99. The van der Waals surface area contributed by atoms with Crippen LogP contribution in [-0.4, -0.2) is 17.0 Å². The number of aliphatic carboxylic acids is 1. The molecule has 0 radical (unpaired) electrons. The molecule has 2 aromatic rings. The average Bonchev–Trinajstić information content (AvgIpc) is 2.80. The first-order valence-electron chi connectivity index (χ1n) is 6.55. The molecule has 5 heteroatoms. The number of aryl methyl sites for hydroxylation is 3. The molecule has 2 rings (SSSR count). The van der Waals surface area contributed by atoms with E-state index in [1.165, 1.54) is 11.3 Å². The number of rotatable bonds is 4. The standard InChI is InChI=1S/C16H17NO3S/c1-9-6-10(2)8-12(7-9)14(16(19)20)17-15(18)13-5-4-11(3)21-13/h4-8,14H,1-3H3,(H,17,18)(H,19,20). The zero-order chi connectivity index (χ0) is 15.6. The van der Waals surface area contributed by atoms with Crippen molar-refractivity contribution in [2.24, 2.45) is 0 Å². The van der Waals surface area contributed by atoms with Gasteiger partial charge in [-0.05, 0) is 38.5 Å². The van der Waals surface area contributed by atoms with E-state index in [0.29, 0.717) is 10.4 Å². The molecule has 0 saturated carbocycles. The van der Waals surface area contributed by atoms with Crippen LogP contribution in [0.25, 0.3) is 0 Å². The molecular formula is C16H17NO3S. The predicted molar refractivity (Wildman–Crippen MR) is 82.8 cm³/mol. The Morgan fingerprint density at radius 1 is 1.10 bits per heavy atom. The molecular weight excluding hydrogens is 286 g/mol. The van der Waals surface area contributed by atoms with Gasteiger partial charge in [0, 0.05) is 4.88 Å². The SMILES string of the molecule is Cc1cc(C)cc(C(NC(=O)c2ccc(C)s2)C(=O)O)c1. The molecule has 1 aromatic heterocycles. The Bertz CT molecular complexity index is 670. The second-order valence-electron chi connectivity index (χ2n) is 5.08. The maximum atomic E-state index is 12.2. The highest BCUT2D eigenvalue weighted by atomic mass is 32.1. The summed E-state index contributed by atoms with van der Waals surface area (Å²) in [6.45, 7) is 5.71. The molecule has 21 heavy (non-hydrogen) atoms. The van der Waals surface area contributed by atoms with Crippen LogP contribution in [0, 0.1) is 20.8 Å². The zero-order valence-electron chi connectivity index (χ0n) is 12.1. The molecule has 110 valence electrons. The second kappa shape index (κ2) is 6.10. The lowest BCUT2D eigenvalue weighted by Gasteiger charge is -2.15. The van der Waals surface area contributed by atoms with Crippen molar-refractivity contribution in [3.8, 4) is 0 Å². The van der Waals surface area contributed by atoms with Crippen molar-refractivity contribution in [3.05, 3.63) is 56.8 Å². The van der Waals surface area contributed by atoms with Crippen molar-refractivity contribution in [3.63, 3.8) is 0 Å². The number of carboxylic acids is 1. The number of carbonyl (C=O) groups excluding carboxylic acids is 1. The summed E-state index contributed by atoms with van der Waals surface area (Å²) in [4.78, 5) is 25.2. The number of hydrogen-bond acceptors (Lipinski definition) is 3. The summed E-state index contributed by atoms with van der Waals surface area (Å²) in [7, 11) is 0. The van der Waals surface area contributed by atoms with Crippen molar-refractivity contribution < 1.29 is 14.7 Å². The van der Waals surface area contributed by atoms with E-state index in [2.05, 4.69) is 5.32 Å². The van der Waals surface area contributed by atoms with Crippen LogP contribution < -0.4 is 5.32 Å². The van der Waals surface area contributed by atoms with Crippen LogP contribution in [0.4, 0.5) is 0 Å². The van der Waals surface area contributed by atoms with Gasteiger partial charge in [0.1, 0.15) is 0 Å². The van der Waals surface area contributed by atoms with Gasteiger partial charge in [0.05, 0.1) is 4.88 Å². The maximum absolute atomic E-state index is 12.2. The number of nitrogens with one attached hydrogen (secondary N) is 1. The molecule has 1 atom stereocenters. The Morgan fingerprint density at radius 2 is 1.71 bits per heavy atom. The monoisotopic (exact) mass is 303 g/mol. The topological polar surface area (TPSA) is 66.4 Å². The number of thiophene rings is 1. The van der Waals surface area contributed by atoms with E-state index in [1.54, 1.807) is 18.2 Å². The molecule has 1 aromatic carbocycles. The molecule has 0 aliphatic carbocycles. The lowest BCUT2D eigenvalue weighted by Crippen LogP contribution is -2.33. The van der Waals surface area contributed by atoms with Gasteiger partial charge in [-0.3, -0.25) is 4.79 Å². The minimum atomic E-state index is -1.07. The van der Waals surface area contributed by atoms with E-state index in [9.17, 15) is 14.7 Å². The van der Waals surface area contributed by atoms with Gasteiger partial charge in [-0.25, -0.2) is 4.79 Å². The first-order valence-corrected chi connectivity index (χ1v) is 7.37.